The fraction of sp³-hybridized carbons (Fsp3) is 0.136. The van der Waals surface area contributed by atoms with Gasteiger partial charge in [0, 0.05) is 22.9 Å². The highest BCUT2D eigenvalue weighted by Gasteiger charge is 2.15. The average molecular weight is 401 g/mol. The molecule has 3 aromatic carbocycles. The number of carbonyl (C=O) groups is 1. The van der Waals surface area contributed by atoms with Crippen molar-refractivity contribution in [3.05, 3.63) is 93.5 Å². The first kappa shape index (κ1) is 19.3. The minimum absolute atomic E-state index is 0.00528. The molecule has 8 nitrogen and oxygen atoms in total. The van der Waals surface area contributed by atoms with Gasteiger partial charge in [0.05, 0.1) is 17.0 Å². The maximum Gasteiger partial charge on any atom is 0.274 e. The van der Waals surface area contributed by atoms with Gasteiger partial charge in [-0.2, -0.15) is 0 Å². The van der Waals surface area contributed by atoms with Crippen LogP contribution in [0.15, 0.2) is 66.7 Å². The molecule has 0 radical (unpaired) electrons. The first-order chi connectivity index (χ1) is 14.5. The van der Waals surface area contributed by atoms with E-state index in [1.54, 1.807) is 28.9 Å². The van der Waals surface area contributed by atoms with Crippen molar-refractivity contribution in [2.24, 2.45) is 0 Å². The molecule has 0 aliphatic heterocycles. The minimum Gasteiger partial charge on any atom is -0.322 e. The number of benzene rings is 3. The molecular weight excluding hydrogens is 382 g/mol. The van der Waals surface area contributed by atoms with Gasteiger partial charge < -0.3 is 5.32 Å². The monoisotopic (exact) mass is 401 g/mol. The van der Waals surface area contributed by atoms with Gasteiger partial charge in [-0.1, -0.05) is 42.5 Å². The summed E-state index contributed by atoms with van der Waals surface area (Å²) >= 11 is 0. The first-order valence-electron chi connectivity index (χ1n) is 9.51. The third-order valence-electron chi connectivity index (χ3n) is 4.89. The summed E-state index contributed by atoms with van der Waals surface area (Å²) in [5.41, 5.74) is 4.23. The van der Waals surface area contributed by atoms with E-state index in [4.69, 9.17) is 0 Å². The molecule has 0 saturated heterocycles. The van der Waals surface area contributed by atoms with Gasteiger partial charge in [0.2, 0.25) is 0 Å². The maximum atomic E-state index is 12.5. The largest absolute Gasteiger partial charge is 0.322 e. The summed E-state index contributed by atoms with van der Waals surface area (Å²) in [5.74, 6) is -0.327. The highest BCUT2D eigenvalue weighted by Crippen LogP contribution is 2.24. The van der Waals surface area contributed by atoms with Crippen LogP contribution in [0.3, 0.4) is 0 Å². The Hall–Kier alpha value is -4.07. The minimum atomic E-state index is -0.433. The quantitative estimate of drug-likeness (QED) is 0.385. The molecule has 0 atom stereocenters. The van der Waals surface area contributed by atoms with E-state index in [0.29, 0.717) is 29.8 Å². The van der Waals surface area contributed by atoms with Crippen LogP contribution in [0, 0.1) is 10.1 Å². The normalized spacial score (nSPS) is 10.8. The number of rotatable bonds is 6. The molecule has 1 amide bonds. The maximum absolute atomic E-state index is 12.5. The number of amides is 1. The molecule has 4 aromatic rings. The van der Waals surface area contributed by atoms with Crippen molar-refractivity contribution in [3.8, 4) is 0 Å². The fourth-order valence-electron chi connectivity index (χ4n) is 3.28. The lowest BCUT2D eigenvalue weighted by atomic mass is 10.1. The predicted molar refractivity (Wildman–Crippen MR) is 113 cm³/mol. The van der Waals surface area contributed by atoms with E-state index in [9.17, 15) is 14.9 Å². The summed E-state index contributed by atoms with van der Waals surface area (Å²) in [6, 6.07) is 19.6. The molecule has 0 spiro atoms. The fourth-order valence-corrected chi connectivity index (χ4v) is 3.28. The van der Waals surface area contributed by atoms with E-state index >= 15 is 0 Å². The van der Waals surface area contributed by atoms with Crippen LogP contribution in [0.4, 0.5) is 11.4 Å². The molecule has 8 heteroatoms. The summed E-state index contributed by atoms with van der Waals surface area (Å²) < 4.78 is 1.80. The zero-order valence-corrected chi connectivity index (χ0v) is 16.3. The van der Waals surface area contributed by atoms with Crippen LogP contribution in [0.2, 0.25) is 0 Å². The van der Waals surface area contributed by atoms with Crippen LogP contribution >= 0.6 is 0 Å². The van der Waals surface area contributed by atoms with E-state index < -0.39 is 4.92 Å². The number of para-hydroxylation sites is 1. The number of anilines is 1. The van der Waals surface area contributed by atoms with Crippen LogP contribution in [0.1, 0.15) is 28.4 Å². The van der Waals surface area contributed by atoms with Crippen LogP contribution in [0.5, 0.6) is 0 Å². The smallest absolute Gasteiger partial charge is 0.274 e. The van der Waals surface area contributed by atoms with Crippen molar-refractivity contribution in [2.45, 2.75) is 19.9 Å². The zero-order valence-electron chi connectivity index (χ0n) is 16.3. The molecule has 150 valence electrons. The highest BCUT2D eigenvalue weighted by atomic mass is 16.6. The molecule has 1 N–H and O–H groups in total. The Morgan fingerprint density at radius 3 is 2.60 bits per heavy atom. The highest BCUT2D eigenvalue weighted by molar-refractivity contribution is 6.04. The lowest BCUT2D eigenvalue weighted by Gasteiger charge is -2.08. The van der Waals surface area contributed by atoms with Gasteiger partial charge in [0.25, 0.3) is 11.6 Å². The summed E-state index contributed by atoms with van der Waals surface area (Å²) in [7, 11) is 0. The Labute approximate surface area is 172 Å². The molecular formula is C22H19N5O3. The number of hydrogen-bond acceptors (Lipinski definition) is 5. The molecule has 1 heterocycles. The summed E-state index contributed by atoms with van der Waals surface area (Å²) in [4.78, 5) is 23.3. The summed E-state index contributed by atoms with van der Waals surface area (Å²) in [6.07, 6.45) is 0.549. The van der Waals surface area contributed by atoms with E-state index in [0.717, 1.165) is 16.6 Å². The van der Waals surface area contributed by atoms with Crippen molar-refractivity contribution in [2.75, 3.05) is 5.32 Å². The molecule has 0 aliphatic carbocycles. The third kappa shape index (κ3) is 3.88. The number of hydrogen-bond donors (Lipinski definition) is 1. The van der Waals surface area contributed by atoms with Gasteiger partial charge >= 0.3 is 0 Å². The zero-order chi connectivity index (χ0) is 21.1. The second-order valence-electron chi connectivity index (χ2n) is 6.84. The van der Waals surface area contributed by atoms with Gasteiger partial charge in [-0.05, 0) is 42.3 Å². The van der Waals surface area contributed by atoms with Gasteiger partial charge in [-0.25, -0.2) is 4.68 Å². The molecule has 0 aliphatic rings. The van der Waals surface area contributed by atoms with Crippen LogP contribution in [-0.2, 0) is 13.0 Å². The van der Waals surface area contributed by atoms with Crippen LogP contribution < -0.4 is 5.32 Å². The van der Waals surface area contributed by atoms with E-state index in [1.807, 2.05) is 43.3 Å². The Morgan fingerprint density at radius 1 is 1.10 bits per heavy atom. The van der Waals surface area contributed by atoms with Crippen molar-refractivity contribution in [1.82, 2.24) is 15.0 Å². The Morgan fingerprint density at radius 2 is 1.87 bits per heavy atom. The Kier molecular flexibility index (Phi) is 5.21. The van der Waals surface area contributed by atoms with Crippen LogP contribution in [0.25, 0.3) is 11.0 Å². The van der Waals surface area contributed by atoms with E-state index in [2.05, 4.69) is 15.6 Å². The number of nitrogens with one attached hydrogen (secondary N) is 1. The molecule has 0 saturated carbocycles. The number of carbonyl (C=O) groups excluding carboxylic acids is 1. The number of aryl methyl sites for hydroxylation is 1. The van der Waals surface area contributed by atoms with Crippen molar-refractivity contribution in [3.63, 3.8) is 0 Å². The SMILES string of the molecule is CCc1ccc(NC(=O)c2ccc(Cn3nnc4ccccc43)cc2)cc1[N+](=O)[O-]. The average Bonchev–Trinajstić information content (AvgIpc) is 3.17. The molecule has 4 rings (SSSR count). The number of nitro groups is 1. The van der Waals surface area contributed by atoms with Gasteiger partial charge in [-0.3, -0.25) is 14.9 Å². The first-order valence-corrected chi connectivity index (χ1v) is 9.51. The van der Waals surface area contributed by atoms with Crippen LogP contribution in [-0.4, -0.2) is 25.8 Å². The molecule has 30 heavy (non-hydrogen) atoms. The van der Waals surface area contributed by atoms with Crippen molar-refractivity contribution >= 4 is 28.3 Å². The van der Waals surface area contributed by atoms with Gasteiger partial charge in [0.1, 0.15) is 5.52 Å². The molecule has 0 bridgehead atoms. The second-order valence-corrected chi connectivity index (χ2v) is 6.84. The molecule has 0 unspecified atom stereocenters. The lowest BCUT2D eigenvalue weighted by Crippen LogP contribution is -2.12. The number of nitrogens with zero attached hydrogens (tertiary/aromatic N) is 4. The predicted octanol–water partition coefficient (Wildman–Crippen LogP) is 4.20. The number of nitro benzene ring substituents is 1. The molecule has 0 fully saturated rings. The molecule has 1 aromatic heterocycles. The Balaban J connectivity index is 1.48. The van der Waals surface area contributed by atoms with E-state index in [1.165, 1.54) is 6.07 Å². The topological polar surface area (TPSA) is 103 Å². The van der Waals surface area contributed by atoms with Gasteiger partial charge in [0.15, 0.2) is 0 Å². The summed E-state index contributed by atoms with van der Waals surface area (Å²) in [5, 5.41) is 22.3. The standard InChI is InChI=1S/C22H19N5O3/c1-2-16-11-12-18(13-21(16)27(29)30)23-22(28)17-9-7-15(8-10-17)14-26-20-6-4-3-5-19(20)24-25-26/h3-13H,2,14H2,1H3,(H,23,28). The third-order valence-corrected chi connectivity index (χ3v) is 4.89. The second kappa shape index (κ2) is 8.12. The van der Waals surface area contributed by atoms with Crippen molar-refractivity contribution in [1.29, 1.82) is 0 Å². The van der Waals surface area contributed by atoms with Crippen molar-refractivity contribution < 1.29 is 9.72 Å². The number of fused-ring (bicyclic) bond motifs is 1. The Bertz CT molecular complexity index is 1230. The number of aromatic nitrogens is 3. The van der Waals surface area contributed by atoms with E-state index in [-0.39, 0.29) is 11.6 Å². The lowest BCUT2D eigenvalue weighted by molar-refractivity contribution is -0.385. The summed E-state index contributed by atoms with van der Waals surface area (Å²) in [6.45, 7) is 2.39. The van der Waals surface area contributed by atoms with Gasteiger partial charge in [-0.15, -0.1) is 5.10 Å².